The summed E-state index contributed by atoms with van der Waals surface area (Å²) in [5.41, 5.74) is 1.80. The van der Waals surface area contributed by atoms with Gasteiger partial charge in [0.25, 0.3) is 0 Å². The Hall–Kier alpha value is -2.52. The zero-order valence-corrected chi connectivity index (χ0v) is 15.7. The number of pyridine rings is 1. The standard InChI is InChI=1S/C23H20ClNO2/c24-21-12-17(26-16-7-2-1-3-8-16)11-18-19(21)13-25-14-20(18)23-10-15-6-4-5-9-22(15)27-23/h4-6,9-14,16H,1-3,7-8H2. The van der Waals surface area contributed by atoms with Crippen LogP contribution in [0.25, 0.3) is 33.1 Å². The van der Waals surface area contributed by atoms with Crippen LogP contribution in [0.4, 0.5) is 0 Å². The molecule has 2 heterocycles. The first-order chi connectivity index (χ1) is 13.3. The molecule has 27 heavy (non-hydrogen) atoms. The summed E-state index contributed by atoms with van der Waals surface area (Å²) in [4.78, 5) is 4.38. The van der Waals surface area contributed by atoms with Gasteiger partial charge in [-0.05, 0) is 49.9 Å². The third-order valence-corrected chi connectivity index (χ3v) is 5.66. The van der Waals surface area contributed by atoms with Gasteiger partial charge in [-0.1, -0.05) is 36.2 Å². The molecule has 1 aliphatic carbocycles. The first kappa shape index (κ1) is 16.6. The van der Waals surface area contributed by atoms with Crippen LogP contribution in [0.5, 0.6) is 5.75 Å². The number of rotatable bonds is 3. The van der Waals surface area contributed by atoms with Gasteiger partial charge in [-0.15, -0.1) is 0 Å². The number of aromatic nitrogens is 1. The number of benzene rings is 2. The van der Waals surface area contributed by atoms with Gasteiger partial charge in [-0.3, -0.25) is 4.98 Å². The van der Waals surface area contributed by atoms with Gasteiger partial charge in [0, 0.05) is 34.1 Å². The topological polar surface area (TPSA) is 35.3 Å². The highest BCUT2D eigenvalue weighted by molar-refractivity contribution is 6.36. The molecule has 2 aromatic carbocycles. The van der Waals surface area contributed by atoms with E-state index >= 15 is 0 Å². The van der Waals surface area contributed by atoms with Crippen molar-refractivity contribution in [1.29, 1.82) is 0 Å². The molecule has 0 saturated heterocycles. The molecule has 2 aromatic heterocycles. The highest BCUT2D eigenvalue weighted by atomic mass is 35.5. The molecule has 0 unspecified atom stereocenters. The number of fused-ring (bicyclic) bond motifs is 2. The average molecular weight is 378 g/mol. The van der Waals surface area contributed by atoms with Crippen molar-refractivity contribution in [3.05, 3.63) is 59.9 Å². The maximum atomic E-state index is 6.57. The second-order valence-electron chi connectivity index (χ2n) is 7.21. The average Bonchev–Trinajstić information content (AvgIpc) is 3.12. The molecular formula is C23H20ClNO2. The van der Waals surface area contributed by atoms with E-state index in [2.05, 4.69) is 11.1 Å². The number of furan rings is 1. The Morgan fingerprint density at radius 1 is 0.963 bits per heavy atom. The van der Waals surface area contributed by atoms with Crippen molar-refractivity contribution in [1.82, 2.24) is 4.98 Å². The van der Waals surface area contributed by atoms with Crippen LogP contribution < -0.4 is 4.74 Å². The van der Waals surface area contributed by atoms with E-state index < -0.39 is 0 Å². The minimum absolute atomic E-state index is 0.281. The van der Waals surface area contributed by atoms with Crippen LogP contribution in [-0.2, 0) is 0 Å². The largest absolute Gasteiger partial charge is 0.490 e. The first-order valence-electron chi connectivity index (χ1n) is 9.51. The molecule has 4 aromatic rings. The van der Waals surface area contributed by atoms with E-state index in [1.807, 2.05) is 42.6 Å². The molecule has 1 aliphatic rings. The highest BCUT2D eigenvalue weighted by Gasteiger charge is 2.17. The lowest BCUT2D eigenvalue weighted by molar-refractivity contribution is 0.155. The van der Waals surface area contributed by atoms with Crippen LogP contribution in [0.2, 0.25) is 5.02 Å². The summed E-state index contributed by atoms with van der Waals surface area (Å²) in [6.07, 6.45) is 9.92. The van der Waals surface area contributed by atoms with E-state index in [9.17, 15) is 0 Å². The first-order valence-corrected chi connectivity index (χ1v) is 9.88. The second-order valence-corrected chi connectivity index (χ2v) is 7.62. The Morgan fingerprint density at radius 2 is 1.81 bits per heavy atom. The van der Waals surface area contributed by atoms with E-state index in [1.165, 1.54) is 19.3 Å². The number of hydrogen-bond donors (Lipinski definition) is 0. The van der Waals surface area contributed by atoms with Gasteiger partial charge in [0.2, 0.25) is 0 Å². The minimum Gasteiger partial charge on any atom is -0.490 e. The van der Waals surface area contributed by atoms with Crippen LogP contribution in [0.3, 0.4) is 0 Å². The summed E-state index contributed by atoms with van der Waals surface area (Å²) in [5, 5.41) is 3.64. The van der Waals surface area contributed by atoms with Crippen LogP contribution in [-0.4, -0.2) is 11.1 Å². The van der Waals surface area contributed by atoms with Gasteiger partial charge >= 0.3 is 0 Å². The second kappa shape index (κ2) is 6.90. The molecule has 0 aliphatic heterocycles. The van der Waals surface area contributed by atoms with Gasteiger partial charge in [0.1, 0.15) is 17.1 Å². The van der Waals surface area contributed by atoms with E-state index in [0.29, 0.717) is 5.02 Å². The maximum absolute atomic E-state index is 6.57. The summed E-state index contributed by atoms with van der Waals surface area (Å²) in [6, 6.07) is 14.0. The van der Waals surface area contributed by atoms with Crippen molar-refractivity contribution >= 4 is 33.3 Å². The highest BCUT2D eigenvalue weighted by Crippen LogP contribution is 2.37. The normalized spacial score (nSPS) is 15.4. The summed E-state index contributed by atoms with van der Waals surface area (Å²) >= 11 is 6.57. The Labute approximate surface area is 162 Å². The van der Waals surface area contributed by atoms with Crippen molar-refractivity contribution in [3.63, 3.8) is 0 Å². The fourth-order valence-electron chi connectivity index (χ4n) is 3.96. The molecule has 0 N–H and O–H groups in total. The molecule has 1 fully saturated rings. The molecule has 1 saturated carbocycles. The molecule has 0 spiro atoms. The smallest absolute Gasteiger partial charge is 0.137 e. The predicted molar refractivity (Wildman–Crippen MR) is 109 cm³/mol. The molecule has 0 bridgehead atoms. The number of nitrogens with zero attached hydrogens (tertiary/aromatic N) is 1. The summed E-state index contributed by atoms with van der Waals surface area (Å²) in [6.45, 7) is 0. The molecule has 0 amide bonds. The lowest BCUT2D eigenvalue weighted by Gasteiger charge is -2.23. The Kier molecular flexibility index (Phi) is 4.25. The van der Waals surface area contributed by atoms with Gasteiger partial charge in [0.05, 0.1) is 11.1 Å². The van der Waals surface area contributed by atoms with E-state index in [4.69, 9.17) is 20.8 Å². The van der Waals surface area contributed by atoms with Crippen LogP contribution >= 0.6 is 11.6 Å². The zero-order chi connectivity index (χ0) is 18.2. The van der Waals surface area contributed by atoms with Crippen LogP contribution in [0.15, 0.2) is 59.3 Å². The van der Waals surface area contributed by atoms with E-state index in [1.54, 1.807) is 6.20 Å². The third kappa shape index (κ3) is 3.17. The fourth-order valence-corrected chi connectivity index (χ4v) is 4.22. The Balaban J connectivity index is 1.61. The van der Waals surface area contributed by atoms with Gasteiger partial charge in [0.15, 0.2) is 0 Å². The summed E-state index contributed by atoms with van der Waals surface area (Å²) < 4.78 is 12.3. The molecule has 0 atom stereocenters. The molecular weight excluding hydrogens is 358 g/mol. The van der Waals surface area contributed by atoms with Gasteiger partial charge in [-0.2, -0.15) is 0 Å². The minimum atomic E-state index is 0.281. The molecule has 4 heteroatoms. The molecule has 0 radical (unpaired) electrons. The quantitative estimate of drug-likeness (QED) is 0.385. The van der Waals surface area contributed by atoms with Crippen LogP contribution in [0.1, 0.15) is 32.1 Å². The molecule has 5 rings (SSSR count). The van der Waals surface area contributed by atoms with E-state index in [0.717, 1.165) is 51.7 Å². The summed E-state index contributed by atoms with van der Waals surface area (Å²) in [5.74, 6) is 1.61. The van der Waals surface area contributed by atoms with Crippen LogP contribution in [0, 0.1) is 0 Å². The maximum Gasteiger partial charge on any atom is 0.137 e. The number of halogens is 1. The lowest BCUT2D eigenvalue weighted by Crippen LogP contribution is -2.19. The predicted octanol–water partition coefficient (Wildman–Crippen LogP) is 7.01. The summed E-state index contributed by atoms with van der Waals surface area (Å²) in [7, 11) is 0. The van der Waals surface area contributed by atoms with E-state index in [-0.39, 0.29) is 6.10 Å². The van der Waals surface area contributed by atoms with Crippen molar-refractivity contribution in [2.45, 2.75) is 38.2 Å². The van der Waals surface area contributed by atoms with Crippen molar-refractivity contribution in [2.24, 2.45) is 0 Å². The van der Waals surface area contributed by atoms with Gasteiger partial charge in [-0.25, -0.2) is 0 Å². The number of para-hydroxylation sites is 1. The Morgan fingerprint density at radius 3 is 2.67 bits per heavy atom. The lowest BCUT2D eigenvalue weighted by atomic mass is 9.97. The van der Waals surface area contributed by atoms with Crippen molar-refractivity contribution in [2.75, 3.05) is 0 Å². The molecule has 136 valence electrons. The number of ether oxygens (including phenoxy) is 1. The third-order valence-electron chi connectivity index (χ3n) is 5.35. The number of hydrogen-bond acceptors (Lipinski definition) is 3. The van der Waals surface area contributed by atoms with Crippen molar-refractivity contribution in [3.8, 4) is 17.1 Å². The fraction of sp³-hybridized carbons (Fsp3) is 0.261. The Bertz CT molecular complexity index is 1080. The zero-order valence-electron chi connectivity index (χ0n) is 15.0. The SMILES string of the molecule is Clc1cc(OC2CCCCC2)cc2c(-c3cc4ccccc4o3)cncc12. The monoisotopic (exact) mass is 377 g/mol. The van der Waals surface area contributed by atoms with Crippen molar-refractivity contribution < 1.29 is 9.15 Å². The van der Waals surface area contributed by atoms with Gasteiger partial charge < -0.3 is 9.15 Å². The molecule has 3 nitrogen and oxygen atoms in total.